The van der Waals surface area contributed by atoms with E-state index >= 15 is 0 Å². The first-order chi connectivity index (χ1) is 8.90. The molecule has 3 rings (SSSR count). The van der Waals surface area contributed by atoms with E-state index in [1.54, 1.807) is 0 Å². The summed E-state index contributed by atoms with van der Waals surface area (Å²) in [5.74, 6) is 0. The molecule has 3 nitrogen and oxygen atoms in total. The van der Waals surface area contributed by atoms with Gasteiger partial charge in [0.15, 0.2) is 0 Å². The molecule has 96 valence electrons. The van der Waals surface area contributed by atoms with Crippen molar-refractivity contribution >= 4 is 10.9 Å². The summed E-state index contributed by atoms with van der Waals surface area (Å²) in [6.07, 6.45) is 4.17. The van der Waals surface area contributed by atoms with Crippen LogP contribution in [0.5, 0.6) is 0 Å². The molecule has 1 aromatic carbocycles. The molecule has 0 fully saturated rings. The number of hydrogen-bond acceptors (Lipinski definition) is 2. The summed E-state index contributed by atoms with van der Waals surface area (Å²) in [5, 5.41) is 13.8. The van der Waals surface area contributed by atoms with E-state index in [9.17, 15) is 0 Å². The van der Waals surface area contributed by atoms with Gasteiger partial charge in [-0.25, -0.2) is 0 Å². The summed E-state index contributed by atoms with van der Waals surface area (Å²) in [7, 11) is 0. The van der Waals surface area contributed by atoms with Gasteiger partial charge in [0.2, 0.25) is 0 Å². The van der Waals surface area contributed by atoms with Gasteiger partial charge >= 0.3 is 0 Å². The van der Waals surface area contributed by atoms with Crippen LogP contribution in [0.15, 0.2) is 24.3 Å². The number of benzene rings is 1. The maximum absolute atomic E-state index is 8.88. The Hall–Kier alpha value is -1.32. The van der Waals surface area contributed by atoms with Gasteiger partial charge in [-0.2, -0.15) is 0 Å². The van der Waals surface area contributed by atoms with Crippen LogP contribution in [-0.4, -0.2) is 23.2 Å². The van der Waals surface area contributed by atoms with Crippen LogP contribution in [0.3, 0.4) is 0 Å². The molecule has 1 unspecified atom stereocenters. The molecular weight excluding hydrogens is 224 g/mol. The standard InChI is InChI=1S/C15H20N2O/c18-10-4-3-7-14-15-12(8-9-16-14)11-5-1-2-6-13(11)17-15/h1-2,5-6,14,16-18H,3-4,7-10H2. The van der Waals surface area contributed by atoms with Crippen molar-refractivity contribution in [3.63, 3.8) is 0 Å². The Morgan fingerprint density at radius 3 is 3.00 bits per heavy atom. The number of aromatic amines is 1. The number of fused-ring (bicyclic) bond motifs is 3. The first-order valence-electron chi connectivity index (χ1n) is 6.84. The summed E-state index contributed by atoms with van der Waals surface area (Å²) in [4.78, 5) is 3.57. The molecule has 0 amide bonds. The molecule has 1 aromatic heterocycles. The number of H-pyrrole nitrogens is 1. The third kappa shape index (κ3) is 2.04. The Bertz CT molecular complexity index is 532. The summed E-state index contributed by atoms with van der Waals surface area (Å²) in [5.41, 5.74) is 4.09. The third-order valence-corrected chi connectivity index (χ3v) is 3.86. The highest BCUT2D eigenvalue weighted by atomic mass is 16.2. The normalized spacial score (nSPS) is 19.1. The van der Waals surface area contributed by atoms with E-state index in [-0.39, 0.29) is 0 Å². The maximum atomic E-state index is 8.88. The van der Waals surface area contributed by atoms with Crippen LogP contribution >= 0.6 is 0 Å². The minimum absolute atomic E-state index is 0.298. The minimum atomic E-state index is 0.298. The van der Waals surface area contributed by atoms with Gasteiger partial charge in [-0.05, 0) is 43.9 Å². The van der Waals surface area contributed by atoms with Gasteiger partial charge in [-0.1, -0.05) is 18.2 Å². The van der Waals surface area contributed by atoms with E-state index in [1.807, 2.05) is 0 Å². The fourth-order valence-electron chi connectivity index (χ4n) is 2.97. The Balaban J connectivity index is 1.90. The molecule has 0 spiro atoms. The van der Waals surface area contributed by atoms with Crippen LogP contribution in [0.25, 0.3) is 10.9 Å². The fraction of sp³-hybridized carbons (Fsp3) is 0.467. The number of nitrogens with one attached hydrogen (secondary N) is 2. The first-order valence-corrected chi connectivity index (χ1v) is 6.84. The lowest BCUT2D eigenvalue weighted by Crippen LogP contribution is -2.29. The molecule has 1 atom stereocenters. The van der Waals surface area contributed by atoms with Gasteiger partial charge in [0.25, 0.3) is 0 Å². The smallest absolute Gasteiger partial charge is 0.0476 e. The Labute approximate surface area is 107 Å². The molecule has 2 aromatic rings. The number of unbranched alkanes of at least 4 members (excludes halogenated alkanes) is 1. The summed E-state index contributed by atoms with van der Waals surface area (Å²) in [6, 6.07) is 8.98. The lowest BCUT2D eigenvalue weighted by molar-refractivity contribution is 0.278. The zero-order valence-corrected chi connectivity index (χ0v) is 10.6. The van der Waals surface area contributed by atoms with Crippen LogP contribution < -0.4 is 5.32 Å². The van der Waals surface area contributed by atoms with Crippen LogP contribution in [0.4, 0.5) is 0 Å². The molecule has 0 radical (unpaired) electrons. The first kappa shape index (κ1) is 11.8. The third-order valence-electron chi connectivity index (χ3n) is 3.86. The quantitative estimate of drug-likeness (QED) is 0.724. The van der Waals surface area contributed by atoms with Crippen molar-refractivity contribution in [2.75, 3.05) is 13.2 Å². The van der Waals surface area contributed by atoms with Crippen LogP contribution in [0.1, 0.15) is 36.6 Å². The van der Waals surface area contributed by atoms with Crippen molar-refractivity contribution in [2.45, 2.75) is 31.7 Å². The van der Waals surface area contributed by atoms with Crippen LogP contribution in [-0.2, 0) is 6.42 Å². The van der Waals surface area contributed by atoms with E-state index in [2.05, 4.69) is 34.6 Å². The van der Waals surface area contributed by atoms with Crippen molar-refractivity contribution in [3.8, 4) is 0 Å². The monoisotopic (exact) mass is 244 g/mol. The second kappa shape index (κ2) is 5.12. The largest absolute Gasteiger partial charge is 0.396 e. The van der Waals surface area contributed by atoms with Crippen LogP contribution in [0.2, 0.25) is 0 Å². The summed E-state index contributed by atoms with van der Waals surface area (Å²) >= 11 is 0. The molecule has 18 heavy (non-hydrogen) atoms. The number of aliphatic hydroxyl groups excluding tert-OH is 1. The topological polar surface area (TPSA) is 48.0 Å². The van der Waals surface area contributed by atoms with E-state index in [0.29, 0.717) is 12.6 Å². The lowest BCUT2D eigenvalue weighted by atomic mass is 9.96. The fourth-order valence-corrected chi connectivity index (χ4v) is 2.97. The molecule has 0 bridgehead atoms. The highest BCUT2D eigenvalue weighted by Gasteiger charge is 2.22. The highest BCUT2D eigenvalue weighted by molar-refractivity contribution is 5.85. The van der Waals surface area contributed by atoms with Gasteiger partial charge in [0.1, 0.15) is 0 Å². The Morgan fingerprint density at radius 1 is 1.22 bits per heavy atom. The predicted octanol–water partition coefficient (Wildman–Crippen LogP) is 2.52. The van der Waals surface area contributed by atoms with Crippen LogP contribution in [0, 0.1) is 0 Å². The van der Waals surface area contributed by atoms with E-state index in [4.69, 9.17) is 5.11 Å². The molecule has 0 aliphatic carbocycles. The van der Waals surface area contributed by atoms with E-state index in [0.717, 1.165) is 32.2 Å². The van der Waals surface area contributed by atoms with Gasteiger partial charge in [0, 0.05) is 29.2 Å². The molecule has 1 aliphatic rings. The lowest BCUT2D eigenvalue weighted by Gasteiger charge is -2.24. The molecule has 2 heterocycles. The second-order valence-electron chi connectivity index (χ2n) is 5.04. The van der Waals surface area contributed by atoms with Crippen molar-refractivity contribution in [1.29, 1.82) is 0 Å². The van der Waals surface area contributed by atoms with Gasteiger partial charge in [-0.3, -0.25) is 0 Å². The predicted molar refractivity (Wildman–Crippen MR) is 73.7 cm³/mol. The van der Waals surface area contributed by atoms with Gasteiger partial charge in [0.05, 0.1) is 0 Å². The summed E-state index contributed by atoms with van der Waals surface area (Å²) < 4.78 is 0. The molecular formula is C15H20N2O. The van der Waals surface area contributed by atoms with Crippen molar-refractivity contribution in [1.82, 2.24) is 10.3 Å². The number of hydrogen-bond donors (Lipinski definition) is 3. The SMILES string of the molecule is OCCCCC1NCCc2c1[nH]c1ccccc21. The van der Waals surface area contributed by atoms with Crippen molar-refractivity contribution < 1.29 is 5.11 Å². The summed E-state index contributed by atoms with van der Waals surface area (Å²) in [6.45, 7) is 1.35. The zero-order chi connectivity index (χ0) is 12.4. The second-order valence-corrected chi connectivity index (χ2v) is 5.04. The number of aromatic nitrogens is 1. The molecule has 1 aliphatic heterocycles. The Kier molecular flexibility index (Phi) is 3.35. The van der Waals surface area contributed by atoms with Crippen molar-refractivity contribution in [3.05, 3.63) is 35.5 Å². The van der Waals surface area contributed by atoms with Gasteiger partial charge in [-0.15, -0.1) is 0 Å². The molecule has 0 saturated heterocycles. The maximum Gasteiger partial charge on any atom is 0.0476 e. The highest BCUT2D eigenvalue weighted by Crippen LogP contribution is 2.32. The number of aliphatic hydroxyl groups is 1. The molecule has 3 N–H and O–H groups in total. The molecule has 0 saturated carbocycles. The number of rotatable bonds is 4. The number of para-hydroxylation sites is 1. The van der Waals surface area contributed by atoms with Gasteiger partial charge < -0.3 is 15.4 Å². The van der Waals surface area contributed by atoms with E-state index in [1.165, 1.54) is 22.2 Å². The molecule has 3 heteroatoms. The average Bonchev–Trinajstić information content (AvgIpc) is 2.79. The van der Waals surface area contributed by atoms with E-state index < -0.39 is 0 Å². The minimum Gasteiger partial charge on any atom is -0.396 e. The zero-order valence-electron chi connectivity index (χ0n) is 10.6. The van der Waals surface area contributed by atoms with Crippen molar-refractivity contribution in [2.24, 2.45) is 0 Å². The Morgan fingerprint density at radius 2 is 2.11 bits per heavy atom. The average molecular weight is 244 g/mol.